The molecule has 1 aliphatic carbocycles. The summed E-state index contributed by atoms with van der Waals surface area (Å²) in [5, 5.41) is 9.39. The quantitative estimate of drug-likeness (QED) is 0.582. The zero-order valence-electron chi connectivity index (χ0n) is 16.3. The molecule has 0 atom stereocenters. The largest absolute Gasteiger partial charge is 0.458 e. The van der Waals surface area contributed by atoms with Gasteiger partial charge in [0.15, 0.2) is 15.7 Å². The molecule has 1 fully saturated rings. The van der Waals surface area contributed by atoms with Gasteiger partial charge in [-0.1, -0.05) is 6.92 Å². The van der Waals surface area contributed by atoms with Gasteiger partial charge in [0, 0.05) is 6.20 Å². The number of rotatable bonds is 5. The number of fused-ring (bicyclic) bond motifs is 1. The SMILES string of the molecule is CCS(=O)(=O)c1cc(C2(C#N)CC2)cnc1N1Cc2cc(C(F)(F)C(F)(F)F)sc2C1=O. The third-order valence-corrected chi connectivity index (χ3v) is 8.53. The molecule has 4 rings (SSSR count). The summed E-state index contributed by atoms with van der Waals surface area (Å²) in [7, 11) is -3.91. The molecule has 1 aliphatic heterocycles. The van der Waals surface area contributed by atoms with Crippen molar-refractivity contribution >= 4 is 32.9 Å². The fourth-order valence-electron chi connectivity index (χ4n) is 3.43. The number of hydrogen-bond donors (Lipinski definition) is 0. The number of pyridine rings is 1. The molecule has 32 heavy (non-hydrogen) atoms. The second-order valence-electron chi connectivity index (χ2n) is 7.57. The second-order valence-corrected chi connectivity index (χ2v) is 10.9. The van der Waals surface area contributed by atoms with Gasteiger partial charge in [-0.2, -0.15) is 27.2 Å². The highest BCUT2D eigenvalue weighted by Gasteiger charge is 2.60. The molecule has 6 nitrogen and oxygen atoms in total. The Kier molecular flexibility index (Phi) is 4.91. The van der Waals surface area contributed by atoms with Crippen LogP contribution >= 0.6 is 11.3 Å². The van der Waals surface area contributed by atoms with E-state index >= 15 is 0 Å². The summed E-state index contributed by atoms with van der Waals surface area (Å²) in [5.74, 6) is -6.60. The van der Waals surface area contributed by atoms with Crippen molar-refractivity contribution in [2.24, 2.45) is 0 Å². The fraction of sp³-hybridized carbons (Fsp3) is 0.421. The lowest BCUT2D eigenvalue weighted by molar-refractivity contribution is -0.287. The number of aromatic nitrogens is 1. The Bertz CT molecular complexity index is 1270. The van der Waals surface area contributed by atoms with Crippen molar-refractivity contribution in [3.63, 3.8) is 0 Å². The van der Waals surface area contributed by atoms with Gasteiger partial charge in [0.25, 0.3) is 5.91 Å². The van der Waals surface area contributed by atoms with Crippen LogP contribution in [0.25, 0.3) is 0 Å². The van der Waals surface area contributed by atoms with E-state index in [1.165, 1.54) is 19.2 Å². The summed E-state index contributed by atoms with van der Waals surface area (Å²) < 4.78 is 90.8. The fourth-order valence-corrected chi connectivity index (χ4v) is 5.61. The van der Waals surface area contributed by atoms with Crippen molar-refractivity contribution < 1.29 is 35.2 Å². The summed E-state index contributed by atoms with van der Waals surface area (Å²) in [6.07, 6.45) is -3.45. The third-order valence-electron chi connectivity index (χ3n) is 5.56. The molecular formula is C19H14F5N3O3S2. The van der Waals surface area contributed by atoms with Crippen LogP contribution < -0.4 is 4.90 Å². The van der Waals surface area contributed by atoms with E-state index in [0.717, 1.165) is 4.90 Å². The molecule has 0 aromatic carbocycles. The maximum absolute atomic E-state index is 13.7. The Morgan fingerprint density at radius 2 is 1.91 bits per heavy atom. The summed E-state index contributed by atoms with van der Waals surface area (Å²) in [6.45, 7) is 0.984. The monoisotopic (exact) mass is 491 g/mol. The van der Waals surface area contributed by atoms with E-state index in [1.807, 2.05) is 0 Å². The molecule has 2 aromatic rings. The van der Waals surface area contributed by atoms with Crippen molar-refractivity contribution in [2.45, 2.75) is 48.7 Å². The van der Waals surface area contributed by atoms with Gasteiger partial charge in [-0.05, 0) is 36.1 Å². The Hall–Kier alpha value is -2.59. The first-order valence-corrected chi connectivity index (χ1v) is 11.8. The number of hydrogen-bond acceptors (Lipinski definition) is 6. The first kappa shape index (κ1) is 22.6. The van der Waals surface area contributed by atoms with E-state index in [4.69, 9.17) is 0 Å². The van der Waals surface area contributed by atoms with Crippen LogP contribution in [0.15, 0.2) is 23.2 Å². The van der Waals surface area contributed by atoms with Crippen LogP contribution in [0.1, 0.15) is 45.4 Å². The number of carbonyl (C=O) groups is 1. The number of nitriles is 1. The van der Waals surface area contributed by atoms with E-state index < -0.39 is 44.7 Å². The predicted molar refractivity (Wildman–Crippen MR) is 103 cm³/mol. The molecule has 0 radical (unpaired) electrons. The van der Waals surface area contributed by atoms with E-state index in [-0.39, 0.29) is 38.2 Å². The van der Waals surface area contributed by atoms with Crippen molar-refractivity contribution in [3.05, 3.63) is 39.2 Å². The molecular weight excluding hydrogens is 477 g/mol. The molecule has 0 spiro atoms. The summed E-state index contributed by atoms with van der Waals surface area (Å²) in [6, 6.07) is 4.03. The van der Waals surface area contributed by atoms with Crippen LogP contribution in [0.5, 0.6) is 0 Å². The van der Waals surface area contributed by atoms with Crippen LogP contribution in [0, 0.1) is 11.3 Å². The van der Waals surface area contributed by atoms with Gasteiger partial charge >= 0.3 is 12.1 Å². The second kappa shape index (κ2) is 6.95. The van der Waals surface area contributed by atoms with Gasteiger partial charge in [0.05, 0.1) is 33.5 Å². The number of halogens is 5. The maximum atomic E-state index is 13.7. The number of nitrogens with zero attached hydrogens (tertiary/aromatic N) is 3. The van der Waals surface area contributed by atoms with E-state index in [9.17, 15) is 40.4 Å². The Labute approximate surface area is 183 Å². The minimum absolute atomic E-state index is 0.0210. The third kappa shape index (κ3) is 3.27. The van der Waals surface area contributed by atoms with Crippen molar-refractivity contribution in [1.29, 1.82) is 5.26 Å². The molecule has 2 aliphatic rings. The summed E-state index contributed by atoms with van der Waals surface area (Å²) >= 11 is 0.0210. The van der Waals surface area contributed by atoms with Crippen molar-refractivity contribution in [1.82, 2.24) is 4.98 Å². The molecule has 0 N–H and O–H groups in total. The van der Waals surface area contributed by atoms with Gasteiger partial charge < -0.3 is 0 Å². The molecule has 3 heterocycles. The summed E-state index contributed by atoms with van der Waals surface area (Å²) in [5.41, 5.74) is -0.514. The number of amides is 1. The zero-order chi connectivity index (χ0) is 23.7. The highest BCUT2D eigenvalue weighted by molar-refractivity contribution is 7.91. The van der Waals surface area contributed by atoms with E-state index in [2.05, 4.69) is 11.1 Å². The molecule has 2 aromatic heterocycles. The van der Waals surface area contributed by atoms with Gasteiger partial charge in [0.1, 0.15) is 4.90 Å². The molecule has 1 saturated carbocycles. The van der Waals surface area contributed by atoms with Crippen LogP contribution in [0.2, 0.25) is 0 Å². The average molecular weight is 491 g/mol. The number of alkyl halides is 5. The smallest absolute Gasteiger partial charge is 0.286 e. The standard InChI is InChI=1S/C19H14F5N3O3S2/c1-2-32(29,30)12-6-11(17(9-25)3-4-17)7-26-15(12)27-8-10-5-13(31-14(10)16(27)28)18(20,21)19(22,23)24/h5-7H,2-4,8H2,1H3. The van der Waals surface area contributed by atoms with Crippen LogP contribution in [-0.2, 0) is 27.7 Å². The Balaban J connectivity index is 1.75. The lowest BCUT2D eigenvalue weighted by Gasteiger charge is -2.21. The lowest BCUT2D eigenvalue weighted by atomic mass is 10.00. The highest BCUT2D eigenvalue weighted by Crippen LogP contribution is 2.50. The van der Waals surface area contributed by atoms with Gasteiger partial charge in [-0.25, -0.2) is 13.4 Å². The highest BCUT2D eigenvalue weighted by atomic mass is 32.2. The zero-order valence-corrected chi connectivity index (χ0v) is 18.0. The molecule has 0 bridgehead atoms. The number of carbonyl (C=O) groups excluding carboxylic acids is 1. The maximum Gasteiger partial charge on any atom is 0.458 e. The van der Waals surface area contributed by atoms with Crippen molar-refractivity contribution in [2.75, 3.05) is 10.7 Å². The topological polar surface area (TPSA) is 91.1 Å². The minimum Gasteiger partial charge on any atom is -0.286 e. The van der Waals surface area contributed by atoms with Crippen molar-refractivity contribution in [3.8, 4) is 6.07 Å². The normalized spacial score (nSPS) is 17.9. The number of sulfone groups is 1. The molecule has 0 saturated heterocycles. The molecule has 0 unspecified atom stereocenters. The molecule has 13 heteroatoms. The first-order chi connectivity index (χ1) is 14.8. The van der Waals surface area contributed by atoms with Gasteiger partial charge in [-0.3, -0.25) is 9.69 Å². The predicted octanol–water partition coefficient (Wildman–Crippen LogP) is 4.31. The van der Waals surface area contributed by atoms with Gasteiger partial charge in [-0.15, -0.1) is 11.3 Å². The Morgan fingerprint density at radius 3 is 2.41 bits per heavy atom. The lowest BCUT2D eigenvalue weighted by Crippen LogP contribution is -2.33. The Morgan fingerprint density at radius 1 is 1.25 bits per heavy atom. The van der Waals surface area contributed by atoms with E-state index in [0.29, 0.717) is 24.5 Å². The first-order valence-electron chi connectivity index (χ1n) is 9.31. The van der Waals surface area contributed by atoms with Gasteiger partial charge in [0.2, 0.25) is 0 Å². The minimum atomic E-state index is -5.81. The van der Waals surface area contributed by atoms with E-state index in [1.54, 1.807) is 0 Å². The molecule has 170 valence electrons. The average Bonchev–Trinajstić information content (AvgIpc) is 3.32. The number of anilines is 1. The van der Waals surface area contributed by atoms with Crippen LogP contribution in [0.4, 0.5) is 27.8 Å². The summed E-state index contributed by atoms with van der Waals surface area (Å²) in [4.78, 5) is 15.9. The van der Waals surface area contributed by atoms with Crippen LogP contribution in [0.3, 0.4) is 0 Å². The molecule has 1 amide bonds. The van der Waals surface area contributed by atoms with Crippen LogP contribution in [-0.4, -0.2) is 31.2 Å². The number of thiophene rings is 1.